The van der Waals surface area contributed by atoms with Crippen molar-refractivity contribution >= 4 is 23.0 Å². The van der Waals surface area contributed by atoms with Gasteiger partial charge in [-0.1, -0.05) is 12.1 Å². The minimum atomic E-state index is -0.811. The van der Waals surface area contributed by atoms with Gasteiger partial charge < -0.3 is 25.2 Å². The number of nitrogens with one attached hydrogen (secondary N) is 2. The van der Waals surface area contributed by atoms with Crippen LogP contribution in [0.4, 0.5) is 10.5 Å². The summed E-state index contributed by atoms with van der Waals surface area (Å²) in [6.07, 6.45) is 3.23. The van der Waals surface area contributed by atoms with Gasteiger partial charge in [0.25, 0.3) is 0 Å². The molecule has 1 aromatic heterocycles. The molecule has 0 spiro atoms. The molecule has 174 valence electrons. The topological polar surface area (TPSA) is 136 Å². The fourth-order valence-corrected chi connectivity index (χ4v) is 3.84. The first-order valence-electron chi connectivity index (χ1n) is 10.4. The Morgan fingerprint density at radius 1 is 1.18 bits per heavy atom. The van der Waals surface area contributed by atoms with E-state index in [1.165, 1.54) is 12.1 Å². The summed E-state index contributed by atoms with van der Waals surface area (Å²) in [6.45, 7) is 1.89. The van der Waals surface area contributed by atoms with E-state index in [2.05, 4.69) is 15.6 Å². The second-order valence-electron chi connectivity index (χ2n) is 7.37. The van der Waals surface area contributed by atoms with Crippen LogP contribution in [-0.4, -0.2) is 34.8 Å². The minimum absolute atomic E-state index is 0.0487. The van der Waals surface area contributed by atoms with Crippen molar-refractivity contribution in [2.45, 2.75) is 13.0 Å². The zero-order valence-electron chi connectivity index (χ0n) is 18.4. The Bertz CT molecular complexity index is 1280. The van der Waals surface area contributed by atoms with Crippen LogP contribution in [0.15, 0.2) is 60.9 Å². The maximum Gasteiger partial charge on any atom is 0.320 e. The first kappa shape index (κ1) is 22.6. The van der Waals surface area contributed by atoms with Gasteiger partial charge in [0.1, 0.15) is 5.75 Å². The SMILES string of the molecule is CCOc1cc(C2NC(=O)NC(c3cccnc3)=C2c2cccc(OC)c2)cc([N+](=O)[O-])c1O. The molecule has 4 rings (SSSR count). The number of carbonyl (C=O) groups excluding carboxylic acids is 1. The molecule has 3 aromatic rings. The molecule has 34 heavy (non-hydrogen) atoms. The van der Waals surface area contributed by atoms with E-state index >= 15 is 0 Å². The van der Waals surface area contributed by atoms with E-state index in [1.54, 1.807) is 56.8 Å². The van der Waals surface area contributed by atoms with Crippen molar-refractivity contribution in [2.24, 2.45) is 0 Å². The van der Waals surface area contributed by atoms with Gasteiger partial charge in [0.15, 0.2) is 5.75 Å². The van der Waals surface area contributed by atoms with Gasteiger partial charge in [-0.3, -0.25) is 15.1 Å². The fraction of sp³-hybridized carbons (Fsp3) is 0.167. The predicted molar refractivity (Wildman–Crippen MR) is 124 cm³/mol. The molecule has 0 fully saturated rings. The monoisotopic (exact) mass is 462 g/mol. The van der Waals surface area contributed by atoms with Crippen molar-refractivity contribution in [1.29, 1.82) is 0 Å². The number of pyridine rings is 1. The third kappa shape index (κ3) is 4.33. The number of methoxy groups -OCH3 is 1. The van der Waals surface area contributed by atoms with Crippen molar-refractivity contribution in [3.05, 3.63) is 87.7 Å². The van der Waals surface area contributed by atoms with Crippen molar-refractivity contribution < 1.29 is 24.3 Å². The first-order valence-corrected chi connectivity index (χ1v) is 10.4. The maximum absolute atomic E-state index is 12.7. The molecule has 1 aliphatic heterocycles. The van der Waals surface area contributed by atoms with Crippen LogP contribution in [0.3, 0.4) is 0 Å². The molecular formula is C24H22N4O6. The number of rotatable bonds is 7. The number of hydrogen-bond acceptors (Lipinski definition) is 7. The number of nitro groups is 1. The lowest BCUT2D eigenvalue weighted by Gasteiger charge is -2.31. The average Bonchev–Trinajstić information content (AvgIpc) is 2.85. The number of benzene rings is 2. The third-order valence-electron chi connectivity index (χ3n) is 5.31. The number of nitro benzene ring substituents is 1. The summed E-state index contributed by atoms with van der Waals surface area (Å²) < 4.78 is 10.8. The Morgan fingerprint density at radius 3 is 2.65 bits per heavy atom. The van der Waals surface area contributed by atoms with Crippen LogP contribution in [-0.2, 0) is 0 Å². The number of phenolic OH excluding ortho intramolecular Hbond substituents is 1. The van der Waals surface area contributed by atoms with E-state index < -0.39 is 28.4 Å². The zero-order valence-corrected chi connectivity index (χ0v) is 18.4. The highest BCUT2D eigenvalue weighted by Crippen LogP contribution is 2.44. The van der Waals surface area contributed by atoms with E-state index in [0.717, 1.165) is 0 Å². The molecule has 0 saturated heterocycles. The summed E-state index contributed by atoms with van der Waals surface area (Å²) in [5.41, 5.74) is 2.32. The Labute approximate surface area is 195 Å². The molecule has 0 bridgehead atoms. The summed E-state index contributed by atoms with van der Waals surface area (Å²) in [4.78, 5) is 27.8. The van der Waals surface area contributed by atoms with Crippen molar-refractivity contribution in [2.75, 3.05) is 13.7 Å². The maximum atomic E-state index is 12.7. The van der Waals surface area contributed by atoms with Crippen LogP contribution in [0, 0.1) is 10.1 Å². The fourth-order valence-electron chi connectivity index (χ4n) is 3.84. The number of nitrogens with zero attached hydrogens (tertiary/aromatic N) is 2. The highest BCUT2D eigenvalue weighted by atomic mass is 16.6. The lowest BCUT2D eigenvalue weighted by molar-refractivity contribution is -0.386. The second kappa shape index (κ2) is 9.49. The van der Waals surface area contributed by atoms with Crippen LogP contribution in [0.25, 0.3) is 11.3 Å². The number of urea groups is 1. The largest absolute Gasteiger partial charge is 0.500 e. The van der Waals surface area contributed by atoms with Crippen molar-refractivity contribution in [3.8, 4) is 17.2 Å². The number of hydrogen-bond donors (Lipinski definition) is 3. The molecule has 2 amide bonds. The molecule has 0 saturated carbocycles. The van der Waals surface area contributed by atoms with Gasteiger partial charge in [-0.15, -0.1) is 0 Å². The normalized spacial score (nSPS) is 15.4. The Hall–Kier alpha value is -4.60. The van der Waals surface area contributed by atoms with Crippen LogP contribution >= 0.6 is 0 Å². The minimum Gasteiger partial charge on any atom is -0.500 e. The molecule has 1 atom stereocenters. The van der Waals surface area contributed by atoms with Crippen LogP contribution in [0.1, 0.15) is 29.7 Å². The lowest BCUT2D eigenvalue weighted by Crippen LogP contribution is -2.43. The lowest BCUT2D eigenvalue weighted by atomic mass is 9.87. The standard InChI is InChI=1S/C24H22N4O6/c1-3-34-19-12-16(11-18(23(19)29)28(31)32)22-20(14-6-4-8-17(10-14)33-2)21(26-24(30)27-22)15-7-5-9-25-13-15/h4-13,22,29H,3H2,1-2H3,(H2,26,27,30). The van der Waals surface area contributed by atoms with Gasteiger partial charge >= 0.3 is 11.7 Å². The summed E-state index contributed by atoms with van der Waals surface area (Å²) in [7, 11) is 1.55. The highest BCUT2D eigenvalue weighted by Gasteiger charge is 2.33. The smallest absolute Gasteiger partial charge is 0.320 e. The first-order chi connectivity index (χ1) is 16.4. The second-order valence-corrected chi connectivity index (χ2v) is 7.37. The molecule has 1 unspecified atom stereocenters. The number of aromatic hydroxyl groups is 1. The Morgan fingerprint density at radius 2 is 1.97 bits per heavy atom. The summed E-state index contributed by atoms with van der Waals surface area (Å²) >= 11 is 0. The van der Waals surface area contributed by atoms with Gasteiger partial charge in [0.05, 0.1) is 30.4 Å². The van der Waals surface area contributed by atoms with Gasteiger partial charge in [-0.2, -0.15) is 0 Å². The summed E-state index contributed by atoms with van der Waals surface area (Å²) in [5, 5.41) is 27.7. The van der Waals surface area contributed by atoms with E-state index in [1.807, 2.05) is 6.07 Å². The highest BCUT2D eigenvalue weighted by molar-refractivity contribution is 6.03. The molecule has 2 aromatic carbocycles. The molecule has 0 radical (unpaired) electrons. The average molecular weight is 462 g/mol. The Balaban J connectivity index is 2.00. The zero-order chi connectivity index (χ0) is 24.2. The molecular weight excluding hydrogens is 440 g/mol. The van der Waals surface area contributed by atoms with Crippen LogP contribution in [0.2, 0.25) is 0 Å². The number of carbonyl (C=O) groups is 1. The third-order valence-corrected chi connectivity index (χ3v) is 5.31. The number of aromatic nitrogens is 1. The summed E-state index contributed by atoms with van der Waals surface area (Å²) in [6, 6.07) is 12.2. The quantitative estimate of drug-likeness (QED) is 0.356. The molecule has 10 heteroatoms. The van der Waals surface area contributed by atoms with Gasteiger partial charge in [0.2, 0.25) is 5.75 Å². The van der Waals surface area contributed by atoms with Crippen molar-refractivity contribution in [1.82, 2.24) is 15.6 Å². The van der Waals surface area contributed by atoms with E-state index in [-0.39, 0.29) is 12.4 Å². The van der Waals surface area contributed by atoms with E-state index in [9.17, 15) is 20.0 Å². The predicted octanol–water partition coefficient (Wildman–Crippen LogP) is 4.03. The molecule has 3 N–H and O–H groups in total. The Kier molecular flexibility index (Phi) is 6.30. The molecule has 1 aliphatic rings. The summed E-state index contributed by atoms with van der Waals surface area (Å²) in [5.74, 6) is -0.0273. The van der Waals surface area contributed by atoms with Gasteiger partial charge in [-0.05, 0) is 48.4 Å². The molecule has 2 heterocycles. The van der Waals surface area contributed by atoms with E-state index in [0.29, 0.717) is 33.7 Å². The van der Waals surface area contributed by atoms with Crippen molar-refractivity contribution in [3.63, 3.8) is 0 Å². The van der Waals surface area contributed by atoms with Gasteiger partial charge in [-0.25, -0.2) is 4.79 Å². The molecule has 10 nitrogen and oxygen atoms in total. The number of phenols is 1. The number of ether oxygens (including phenoxy) is 2. The van der Waals surface area contributed by atoms with Gasteiger partial charge in [0, 0.05) is 29.6 Å². The molecule has 0 aliphatic carbocycles. The van der Waals surface area contributed by atoms with E-state index in [4.69, 9.17) is 9.47 Å². The van der Waals surface area contributed by atoms with Crippen LogP contribution in [0.5, 0.6) is 17.2 Å². The number of amides is 2. The van der Waals surface area contributed by atoms with Crippen LogP contribution < -0.4 is 20.1 Å².